The fourth-order valence-electron chi connectivity index (χ4n) is 2.20. The number of rotatable bonds is 6. The maximum Gasteiger partial charge on any atom is 0.325 e. The first-order valence-corrected chi connectivity index (χ1v) is 7.12. The monoisotopic (exact) mass is 299 g/mol. The van der Waals surface area contributed by atoms with Gasteiger partial charge in [-0.25, -0.2) is 4.98 Å². The Labute approximate surface area is 130 Å². The third kappa shape index (κ3) is 4.05. The lowest BCUT2D eigenvalue weighted by molar-refractivity contribution is -0.139. The van der Waals surface area contributed by atoms with Gasteiger partial charge in [-0.1, -0.05) is 35.9 Å². The number of carboxylic acids is 1. The SMILES string of the molecule is Cc1cccc(C(NCc2ccc(N(C)C)nc2)C(=O)O)c1. The van der Waals surface area contributed by atoms with Gasteiger partial charge in [-0.3, -0.25) is 10.1 Å². The fourth-order valence-corrected chi connectivity index (χ4v) is 2.20. The summed E-state index contributed by atoms with van der Waals surface area (Å²) < 4.78 is 0. The number of anilines is 1. The summed E-state index contributed by atoms with van der Waals surface area (Å²) >= 11 is 0. The molecule has 0 aliphatic carbocycles. The average molecular weight is 299 g/mol. The lowest BCUT2D eigenvalue weighted by atomic mass is 10.0. The highest BCUT2D eigenvalue weighted by molar-refractivity contribution is 5.75. The lowest BCUT2D eigenvalue weighted by Gasteiger charge is -2.16. The minimum atomic E-state index is -0.886. The Hall–Kier alpha value is -2.40. The Bertz CT molecular complexity index is 639. The summed E-state index contributed by atoms with van der Waals surface area (Å²) in [6.07, 6.45) is 1.76. The van der Waals surface area contributed by atoms with Crippen LogP contribution in [0.3, 0.4) is 0 Å². The predicted molar refractivity (Wildman–Crippen MR) is 87.0 cm³/mol. The van der Waals surface area contributed by atoms with Crippen LogP contribution in [0.4, 0.5) is 5.82 Å². The van der Waals surface area contributed by atoms with Crippen LogP contribution >= 0.6 is 0 Å². The van der Waals surface area contributed by atoms with Crippen molar-refractivity contribution in [1.29, 1.82) is 0 Å². The second-order valence-corrected chi connectivity index (χ2v) is 5.49. The highest BCUT2D eigenvalue weighted by Crippen LogP contribution is 2.16. The molecule has 0 bridgehead atoms. The van der Waals surface area contributed by atoms with Crippen LogP contribution in [0.1, 0.15) is 22.7 Å². The van der Waals surface area contributed by atoms with Gasteiger partial charge in [0.05, 0.1) is 0 Å². The first-order valence-electron chi connectivity index (χ1n) is 7.12. The topological polar surface area (TPSA) is 65.5 Å². The molecule has 5 heteroatoms. The van der Waals surface area contributed by atoms with Crippen molar-refractivity contribution in [3.63, 3.8) is 0 Å². The van der Waals surface area contributed by atoms with Gasteiger partial charge in [0.15, 0.2) is 0 Å². The van der Waals surface area contributed by atoms with Gasteiger partial charge in [-0.2, -0.15) is 0 Å². The molecule has 2 rings (SSSR count). The van der Waals surface area contributed by atoms with Crippen molar-refractivity contribution in [3.05, 3.63) is 59.3 Å². The first-order chi connectivity index (χ1) is 10.5. The second-order valence-electron chi connectivity index (χ2n) is 5.49. The van der Waals surface area contributed by atoms with Crippen LogP contribution in [0, 0.1) is 6.92 Å². The molecule has 0 fully saturated rings. The van der Waals surface area contributed by atoms with E-state index in [1.54, 1.807) is 6.20 Å². The molecule has 5 nitrogen and oxygen atoms in total. The van der Waals surface area contributed by atoms with Crippen molar-refractivity contribution in [1.82, 2.24) is 10.3 Å². The van der Waals surface area contributed by atoms with E-state index >= 15 is 0 Å². The Kier molecular flexibility index (Phi) is 5.12. The largest absolute Gasteiger partial charge is 0.480 e. The van der Waals surface area contributed by atoms with Crippen LogP contribution in [0.25, 0.3) is 0 Å². The van der Waals surface area contributed by atoms with Gasteiger partial charge in [0.1, 0.15) is 11.9 Å². The predicted octanol–water partition coefficient (Wildman–Crippen LogP) is 2.37. The molecule has 2 aromatic rings. The molecule has 1 atom stereocenters. The third-order valence-corrected chi connectivity index (χ3v) is 3.40. The molecule has 1 aromatic heterocycles. The minimum absolute atomic E-state index is 0.450. The van der Waals surface area contributed by atoms with Crippen molar-refractivity contribution in [3.8, 4) is 0 Å². The summed E-state index contributed by atoms with van der Waals surface area (Å²) in [7, 11) is 3.86. The van der Waals surface area contributed by atoms with Crippen molar-refractivity contribution < 1.29 is 9.90 Å². The van der Waals surface area contributed by atoms with E-state index < -0.39 is 12.0 Å². The number of nitrogens with one attached hydrogen (secondary N) is 1. The Balaban J connectivity index is 2.08. The molecule has 1 aromatic carbocycles. The normalized spacial score (nSPS) is 12.0. The number of carboxylic acid groups (broad SMARTS) is 1. The molecule has 0 aliphatic rings. The summed E-state index contributed by atoms with van der Waals surface area (Å²) in [5.74, 6) is -0.0133. The standard InChI is InChI=1S/C17H21N3O2/c1-12-5-4-6-14(9-12)16(17(21)22)19-11-13-7-8-15(18-10-13)20(2)3/h4-10,16,19H,11H2,1-3H3,(H,21,22). The zero-order valence-corrected chi connectivity index (χ0v) is 13.1. The smallest absolute Gasteiger partial charge is 0.325 e. The zero-order valence-electron chi connectivity index (χ0n) is 13.1. The van der Waals surface area contributed by atoms with Crippen molar-refractivity contribution >= 4 is 11.8 Å². The molecule has 116 valence electrons. The molecular formula is C17H21N3O2. The van der Waals surface area contributed by atoms with E-state index in [1.807, 2.05) is 62.3 Å². The zero-order chi connectivity index (χ0) is 16.1. The number of nitrogens with zero attached hydrogens (tertiary/aromatic N) is 2. The quantitative estimate of drug-likeness (QED) is 0.857. The van der Waals surface area contributed by atoms with Crippen LogP contribution < -0.4 is 10.2 Å². The van der Waals surface area contributed by atoms with Crippen LogP contribution in [-0.2, 0) is 11.3 Å². The third-order valence-electron chi connectivity index (χ3n) is 3.40. The number of aliphatic carboxylic acids is 1. The van der Waals surface area contributed by atoms with Crippen LogP contribution in [0.15, 0.2) is 42.6 Å². The number of aryl methyl sites for hydroxylation is 1. The molecule has 22 heavy (non-hydrogen) atoms. The highest BCUT2D eigenvalue weighted by Gasteiger charge is 2.19. The van der Waals surface area contributed by atoms with Gasteiger partial charge in [0.25, 0.3) is 0 Å². The van der Waals surface area contributed by atoms with E-state index in [0.717, 1.165) is 22.5 Å². The number of aromatic nitrogens is 1. The molecular weight excluding hydrogens is 278 g/mol. The molecule has 0 saturated heterocycles. The van der Waals surface area contributed by atoms with Crippen LogP contribution in [0.2, 0.25) is 0 Å². The van der Waals surface area contributed by atoms with Gasteiger partial charge >= 0.3 is 5.97 Å². The van der Waals surface area contributed by atoms with Crippen molar-refractivity contribution in [2.45, 2.75) is 19.5 Å². The summed E-state index contributed by atoms with van der Waals surface area (Å²) in [6.45, 7) is 2.40. The number of benzene rings is 1. The highest BCUT2D eigenvalue weighted by atomic mass is 16.4. The van der Waals surface area contributed by atoms with Gasteiger partial charge in [-0.05, 0) is 24.1 Å². The van der Waals surface area contributed by atoms with Gasteiger partial charge < -0.3 is 10.0 Å². The number of hydrogen-bond acceptors (Lipinski definition) is 4. The van der Waals surface area contributed by atoms with E-state index in [4.69, 9.17) is 0 Å². The lowest BCUT2D eigenvalue weighted by Crippen LogP contribution is -2.28. The maximum atomic E-state index is 11.5. The van der Waals surface area contributed by atoms with Crippen LogP contribution in [0.5, 0.6) is 0 Å². The van der Waals surface area contributed by atoms with Crippen LogP contribution in [-0.4, -0.2) is 30.2 Å². The van der Waals surface area contributed by atoms with E-state index in [0.29, 0.717) is 6.54 Å². The molecule has 0 radical (unpaired) electrons. The van der Waals surface area contributed by atoms with E-state index in [-0.39, 0.29) is 0 Å². The summed E-state index contributed by atoms with van der Waals surface area (Å²) in [4.78, 5) is 17.7. The molecule has 0 aliphatic heterocycles. The molecule has 0 spiro atoms. The molecule has 0 saturated carbocycles. The molecule has 1 heterocycles. The van der Waals surface area contributed by atoms with Gasteiger partial charge in [0, 0.05) is 26.8 Å². The summed E-state index contributed by atoms with van der Waals surface area (Å²) in [5.41, 5.74) is 2.75. The van der Waals surface area contributed by atoms with E-state index in [9.17, 15) is 9.90 Å². The molecule has 0 amide bonds. The van der Waals surface area contributed by atoms with Crippen molar-refractivity contribution in [2.24, 2.45) is 0 Å². The minimum Gasteiger partial charge on any atom is -0.480 e. The Morgan fingerprint density at radius 2 is 2.09 bits per heavy atom. The number of carbonyl (C=O) groups is 1. The van der Waals surface area contributed by atoms with Gasteiger partial charge in [-0.15, -0.1) is 0 Å². The fraction of sp³-hybridized carbons (Fsp3) is 0.294. The summed E-state index contributed by atoms with van der Waals surface area (Å²) in [5, 5.41) is 12.5. The number of hydrogen-bond donors (Lipinski definition) is 2. The maximum absolute atomic E-state index is 11.5. The second kappa shape index (κ2) is 7.04. The van der Waals surface area contributed by atoms with Crippen molar-refractivity contribution in [2.75, 3.05) is 19.0 Å². The number of pyridine rings is 1. The Morgan fingerprint density at radius 3 is 2.64 bits per heavy atom. The average Bonchev–Trinajstić information content (AvgIpc) is 2.47. The molecule has 2 N–H and O–H groups in total. The Morgan fingerprint density at radius 1 is 1.32 bits per heavy atom. The van der Waals surface area contributed by atoms with E-state index in [2.05, 4.69) is 10.3 Å². The molecule has 1 unspecified atom stereocenters. The first kappa shape index (κ1) is 16.0. The van der Waals surface area contributed by atoms with E-state index in [1.165, 1.54) is 0 Å². The summed E-state index contributed by atoms with van der Waals surface area (Å²) in [6, 6.07) is 10.7. The van der Waals surface area contributed by atoms with Gasteiger partial charge in [0.2, 0.25) is 0 Å².